The zero-order valence-corrected chi connectivity index (χ0v) is 10.6. The zero-order chi connectivity index (χ0) is 13.0. The fourth-order valence-electron chi connectivity index (χ4n) is 1.49. The van der Waals surface area contributed by atoms with Crippen molar-refractivity contribution in [3.05, 3.63) is 53.6 Å². The molecule has 1 heterocycles. The van der Waals surface area contributed by atoms with E-state index in [-0.39, 0.29) is 5.91 Å². The van der Waals surface area contributed by atoms with Crippen molar-refractivity contribution >= 4 is 23.6 Å². The molecule has 0 saturated heterocycles. The predicted molar refractivity (Wildman–Crippen MR) is 71.7 cm³/mol. The van der Waals surface area contributed by atoms with E-state index in [2.05, 4.69) is 10.3 Å². The number of halogens is 1. The van der Waals surface area contributed by atoms with Gasteiger partial charge in [-0.1, -0.05) is 17.7 Å². The number of nitrogens with one attached hydrogen (secondary N) is 1. The van der Waals surface area contributed by atoms with Gasteiger partial charge in [-0.15, -0.1) is 0 Å². The number of nitrogens with zero attached hydrogens (tertiary/aromatic N) is 2. The van der Waals surface area contributed by atoms with Crippen LogP contribution in [0, 0.1) is 0 Å². The minimum absolute atomic E-state index is 0.148. The molecule has 0 spiro atoms. The SMILES string of the molecule is CNC(=O)C=Cc1ccc(-n2ccnc2)c(Cl)c1. The molecule has 0 aliphatic carbocycles. The summed E-state index contributed by atoms with van der Waals surface area (Å²) >= 11 is 6.19. The number of carbonyl (C=O) groups is 1. The van der Waals surface area contributed by atoms with Gasteiger partial charge in [-0.25, -0.2) is 4.98 Å². The first-order chi connectivity index (χ1) is 8.70. The van der Waals surface area contributed by atoms with E-state index >= 15 is 0 Å². The van der Waals surface area contributed by atoms with Crippen LogP contribution in [0.1, 0.15) is 5.56 Å². The number of benzene rings is 1. The molecular weight excluding hydrogens is 250 g/mol. The van der Waals surface area contributed by atoms with Gasteiger partial charge in [-0.3, -0.25) is 4.79 Å². The average molecular weight is 262 g/mol. The topological polar surface area (TPSA) is 46.9 Å². The molecule has 0 bridgehead atoms. The van der Waals surface area contributed by atoms with E-state index in [1.807, 2.05) is 22.9 Å². The molecule has 1 N–H and O–H groups in total. The molecule has 0 radical (unpaired) electrons. The minimum atomic E-state index is -0.148. The molecule has 1 aromatic carbocycles. The van der Waals surface area contributed by atoms with Crippen LogP contribution in [0.5, 0.6) is 0 Å². The summed E-state index contributed by atoms with van der Waals surface area (Å²) in [7, 11) is 1.59. The normalized spacial score (nSPS) is 10.8. The molecule has 0 aliphatic rings. The lowest BCUT2D eigenvalue weighted by molar-refractivity contribution is -0.115. The van der Waals surface area contributed by atoms with Gasteiger partial charge in [0.1, 0.15) is 0 Å². The second-order valence-corrected chi connectivity index (χ2v) is 4.04. The van der Waals surface area contributed by atoms with Crippen LogP contribution in [0.2, 0.25) is 5.02 Å². The van der Waals surface area contributed by atoms with Gasteiger partial charge in [0, 0.05) is 25.5 Å². The van der Waals surface area contributed by atoms with Crippen molar-refractivity contribution < 1.29 is 4.79 Å². The van der Waals surface area contributed by atoms with Crippen molar-refractivity contribution in [3.63, 3.8) is 0 Å². The van der Waals surface area contributed by atoms with E-state index in [1.165, 1.54) is 6.08 Å². The van der Waals surface area contributed by atoms with E-state index in [0.29, 0.717) is 5.02 Å². The van der Waals surface area contributed by atoms with Gasteiger partial charge in [-0.2, -0.15) is 0 Å². The molecule has 0 unspecified atom stereocenters. The Balaban J connectivity index is 2.25. The third kappa shape index (κ3) is 2.78. The Labute approximate surface area is 110 Å². The second kappa shape index (κ2) is 5.51. The Hall–Kier alpha value is -2.07. The molecule has 0 atom stereocenters. The smallest absolute Gasteiger partial charge is 0.243 e. The van der Waals surface area contributed by atoms with Crippen molar-refractivity contribution in [2.45, 2.75) is 0 Å². The third-order valence-corrected chi connectivity index (χ3v) is 2.73. The highest BCUT2D eigenvalue weighted by molar-refractivity contribution is 6.32. The van der Waals surface area contributed by atoms with Gasteiger partial charge in [0.05, 0.1) is 17.0 Å². The lowest BCUT2D eigenvalue weighted by Gasteiger charge is -2.05. The van der Waals surface area contributed by atoms with Crippen molar-refractivity contribution in [1.29, 1.82) is 0 Å². The van der Waals surface area contributed by atoms with Crippen LogP contribution in [0.15, 0.2) is 43.0 Å². The molecule has 0 aliphatic heterocycles. The Morgan fingerprint density at radius 2 is 2.33 bits per heavy atom. The number of rotatable bonds is 3. The van der Waals surface area contributed by atoms with Gasteiger partial charge in [-0.05, 0) is 23.8 Å². The molecule has 1 aromatic heterocycles. The number of amides is 1. The van der Waals surface area contributed by atoms with Crippen molar-refractivity contribution in [1.82, 2.24) is 14.9 Å². The van der Waals surface area contributed by atoms with Gasteiger partial charge >= 0.3 is 0 Å². The number of carbonyl (C=O) groups excluding carboxylic acids is 1. The summed E-state index contributed by atoms with van der Waals surface area (Å²) in [4.78, 5) is 15.1. The summed E-state index contributed by atoms with van der Waals surface area (Å²) in [5.74, 6) is -0.148. The number of aromatic nitrogens is 2. The molecule has 2 rings (SSSR count). The molecule has 92 valence electrons. The maximum atomic E-state index is 11.1. The van der Waals surface area contributed by atoms with Crippen molar-refractivity contribution in [2.75, 3.05) is 7.05 Å². The maximum Gasteiger partial charge on any atom is 0.243 e. The highest BCUT2D eigenvalue weighted by Crippen LogP contribution is 2.22. The summed E-state index contributed by atoms with van der Waals surface area (Å²) < 4.78 is 1.83. The number of imidazole rings is 1. The zero-order valence-electron chi connectivity index (χ0n) is 9.80. The number of hydrogen-bond acceptors (Lipinski definition) is 2. The minimum Gasteiger partial charge on any atom is -0.356 e. The molecule has 0 saturated carbocycles. The Bertz CT molecular complexity index is 576. The van der Waals surface area contributed by atoms with Crippen LogP contribution in [0.25, 0.3) is 11.8 Å². The highest BCUT2D eigenvalue weighted by Gasteiger charge is 2.02. The Morgan fingerprint density at radius 3 is 2.94 bits per heavy atom. The molecule has 2 aromatic rings. The summed E-state index contributed by atoms with van der Waals surface area (Å²) in [6.07, 6.45) is 8.36. The molecule has 0 fully saturated rings. The van der Waals surface area contributed by atoms with Crippen LogP contribution >= 0.6 is 11.6 Å². The first kappa shape index (κ1) is 12.4. The van der Waals surface area contributed by atoms with Crippen LogP contribution in [-0.2, 0) is 4.79 Å². The van der Waals surface area contributed by atoms with E-state index < -0.39 is 0 Å². The summed E-state index contributed by atoms with van der Waals surface area (Å²) in [6.45, 7) is 0. The quantitative estimate of drug-likeness (QED) is 0.862. The van der Waals surface area contributed by atoms with Crippen LogP contribution in [0.3, 0.4) is 0 Å². The van der Waals surface area contributed by atoms with E-state index in [0.717, 1.165) is 11.3 Å². The van der Waals surface area contributed by atoms with Gasteiger partial charge < -0.3 is 9.88 Å². The fraction of sp³-hybridized carbons (Fsp3) is 0.0769. The first-order valence-corrected chi connectivity index (χ1v) is 5.76. The third-order valence-electron chi connectivity index (χ3n) is 2.43. The largest absolute Gasteiger partial charge is 0.356 e. The van der Waals surface area contributed by atoms with E-state index in [4.69, 9.17) is 11.6 Å². The second-order valence-electron chi connectivity index (χ2n) is 3.63. The van der Waals surface area contributed by atoms with Crippen LogP contribution < -0.4 is 5.32 Å². The average Bonchev–Trinajstić information content (AvgIpc) is 2.89. The molecule has 1 amide bonds. The van der Waals surface area contributed by atoms with Crippen LogP contribution in [-0.4, -0.2) is 22.5 Å². The molecule has 4 nitrogen and oxygen atoms in total. The summed E-state index contributed by atoms with van der Waals surface area (Å²) in [5.41, 5.74) is 1.72. The van der Waals surface area contributed by atoms with Crippen molar-refractivity contribution in [3.8, 4) is 5.69 Å². The fourth-order valence-corrected chi connectivity index (χ4v) is 1.78. The predicted octanol–water partition coefficient (Wildman–Crippen LogP) is 2.28. The lowest BCUT2D eigenvalue weighted by Crippen LogP contribution is -2.13. The standard InChI is InChI=1S/C13H12ClN3O/c1-15-13(18)5-3-10-2-4-12(11(14)8-10)17-7-6-16-9-17/h2-9H,1H3,(H,15,18). The van der Waals surface area contributed by atoms with Crippen LogP contribution in [0.4, 0.5) is 0 Å². The molecule has 5 heteroatoms. The highest BCUT2D eigenvalue weighted by atomic mass is 35.5. The number of hydrogen-bond donors (Lipinski definition) is 1. The Kier molecular flexibility index (Phi) is 3.79. The van der Waals surface area contributed by atoms with Gasteiger partial charge in [0.15, 0.2) is 0 Å². The van der Waals surface area contributed by atoms with Gasteiger partial charge in [0.25, 0.3) is 0 Å². The summed E-state index contributed by atoms with van der Waals surface area (Å²) in [6, 6.07) is 5.57. The lowest BCUT2D eigenvalue weighted by atomic mass is 10.2. The Morgan fingerprint density at radius 1 is 1.50 bits per heavy atom. The van der Waals surface area contributed by atoms with E-state index in [9.17, 15) is 4.79 Å². The van der Waals surface area contributed by atoms with E-state index in [1.54, 1.807) is 31.7 Å². The van der Waals surface area contributed by atoms with Gasteiger partial charge in [0.2, 0.25) is 5.91 Å². The molecular formula is C13H12ClN3O. The number of likely N-dealkylation sites (N-methyl/N-ethyl adjacent to an activating group) is 1. The molecule has 18 heavy (non-hydrogen) atoms. The maximum absolute atomic E-state index is 11.1. The first-order valence-electron chi connectivity index (χ1n) is 5.38. The summed E-state index contributed by atoms with van der Waals surface area (Å²) in [5, 5.41) is 3.12. The van der Waals surface area contributed by atoms with Crippen molar-refractivity contribution in [2.24, 2.45) is 0 Å². The monoisotopic (exact) mass is 261 g/mol.